The normalized spacial score (nSPS) is 20.9. The van der Waals surface area contributed by atoms with Crippen LogP contribution in [0.25, 0.3) is 0 Å². The van der Waals surface area contributed by atoms with Crippen LogP contribution in [0.15, 0.2) is 28.8 Å². The fraction of sp³-hybridized carbons (Fsp3) is 0.375. The number of β-lactam (4-membered cyclic amide) rings is 1. The van der Waals surface area contributed by atoms with Gasteiger partial charge in [0.25, 0.3) is 5.91 Å². The van der Waals surface area contributed by atoms with Crippen molar-refractivity contribution in [2.45, 2.75) is 24.8 Å². The van der Waals surface area contributed by atoms with E-state index in [9.17, 15) is 19.2 Å². The van der Waals surface area contributed by atoms with Gasteiger partial charge in [0.2, 0.25) is 5.91 Å². The minimum absolute atomic E-state index is 0.152. The molecule has 2 atom stereocenters. The number of carbonyl (C=O) groups is 4. The number of thiophene rings is 1. The van der Waals surface area contributed by atoms with Crippen molar-refractivity contribution in [3.05, 3.63) is 33.7 Å². The van der Waals surface area contributed by atoms with Gasteiger partial charge in [0.1, 0.15) is 23.7 Å². The summed E-state index contributed by atoms with van der Waals surface area (Å²) in [5.74, 6) is -2.22. The van der Waals surface area contributed by atoms with Crippen molar-refractivity contribution in [3.63, 3.8) is 0 Å². The molecule has 0 spiro atoms. The lowest BCUT2D eigenvalue weighted by Gasteiger charge is -2.49. The molecule has 0 aliphatic carbocycles. The number of esters is 1. The fourth-order valence-corrected chi connectivity index (χ4v) is 4.87. The predicted molar refractivity (Wildman–Crippen MR) is 96.5 cm³/mol. The number of thioether (sulfide) groups is 1. The van der Waals surface area contributed by atoms with E-state index in [0.29, 0.717) is 5.57 Å². The summed E-state index contributed by atoms with van der Waals surface area (Å²) in [5, 5.41) is 15.8. The summed E-state index contributed by atoms with van der Waals surface area (Å²) in [5.41, 5.74) is 0.156. The van der Waals surface area contributed by atoms with Gasteiger partial charge in [-0.05, 0) is 16.5 Å². The minimum Gasteiger partial charge on any atom is -0.461 e. The van der Waals surface area contributed by atoms with Crippen molar-refractivity contribution in [1.29, 1.82) is 0 Å². The van der Waals surface area contributed by atoms with Crippen molar-refractivity contribution in [2.75, 3.05) is 12.4 Å². The van der Waals surface area contributed by atoms with Crippen LogP contribution in [0.2, 0.25) is 0 Å². The van der Waals surface area contributed by atoms with Crippen molar-refractivity contribution in [1.82, 2.24) is 10.2 Å². The summed E-state index contributed by atoms with van der Waals surface area (Å²) in [6.07, 6.45) is 0.152. The van der Waals surface area contributed by atoms with E-state index >= 15 is 0 Å². The molecular formula is C16H16N2O8S2. The lowest BCUT2D eigenvalue weighted by Crippen LogP contribution is -2.70. The summed E-state index contributed by atoms with van der Waals surface area (Å²) in [6, 6.07) is 2.85. The molecule has 0 bridgehead atoms. The molecule has 1 aromatic rings. The number of hydrogen-bond acceptors (Lipinski definition) is 10. The largest absolute Gasteiger partial charge is 0.461 e. The third kappa shape index (κ3) is 4.19. The van der Waals surface area contributed by atoms with Gasteiger partial charge < -0.3 is 10.1 Å². The van der Waals surface area contributed by atoms with Crippen LogP contribution in [-0.2, 0) is 40.3 Å². The average molecular weight is 428 g/mol. The van der Waals surface area contributed by atoms with Crippen LogP contribution in [0.5, 0.6) is 0 Å². The van der Waals surface area contributed by atoms with Crippen molar-refractivity contribution >= 4 is 46.9 Å². The van der Waals surface area contributed by atoms with E-state index in [4.69, 9.17) is 9.99 Å². The van der Waals surface area contributed by atoms with E-state index < -0.39 is 29.3 Å². The van der Waals surface area contributed by atoms with Gasteiger partial charge >= 0.3 is 11.9 Å². The Labute approximate surface area is 167 Å². The third-order valence-corrected chi connectivity index (χ3v) is 6.25. The van der Waals surface area contributed by atoms with Crippen molar-refractivity contribution in [2.24, 2.45) is 0 Å². The monoisotopic (exact) mass is 428 g/mol. The molecule has 1 fully saturated rings. The number of amides is 2. The lowest BCUT2D eigenvalue weighted by molar-refractivity contribution is -0.461. The van der Waals surface area contributed by atoms with Gasteiger partial charge in [-0.25, -0.2) is 10.1 Å². The molecular weight excluding hydrogens is 412 g/mol. The molecule has 12 heteroatoms. The van der Waals surface area contributed by atoms with Gasteiger partial charge in [0.05, 0.1) is 6.42 Å². The van der Waals surface area contributed by atoms with Gasteiger partial charge in [-0.3, -0.25) is 24.2 Å². The molecule has 150 valence electrons. The van der Waals surface area contributed by atoms with Gasteiger partial charge in [0, 0.05) is 23.1 Å². The molecule has 10 nitrogen and oxygen atoms in total. The van der Waals surface area contributed by atoms with Crippen LogP contribution in [0, 0.1) is 0 Å². The fourth-order valence-electron chi connectivity index (χ4n) is 2.84. The number of nitrogens with one attached hydrogen (secondary N) is 1. The van der Waals surface area contributed by atoms with Gasteiger partial charge in [0.15, 0.2) is 0 Å². The summed E-state index contributed by atoms with van der Waals surface area (Å²) in [7, 11) is 0. The highest BCUT2D eigenvalue weighted by Gasteiger charge is 2.54. The van der Waals surface area contributed by atoms with Crippen LogP contribution in [-0.4, -0.2) is 57.7 Å². The zero-order valence-electron chi connectivity index (χ0n) is 14.6. The van der Waals surface area contributed by atoms with E-state index in [1.165, 1.54) is 30.0 Å². The van der Waals surface area contributed by atoms with E-state index in [1.807, 2.05) is 17.5 Å². The predicted octanol–water partition coefficient (Wildman–Crippen LogP) is 0.456. The first-order chi connectivity index (χ1) is 13.4. The molecule has 2 N–H and O–H groups in total. The summed E-state index contributed by atoms with van der Waals surface area (Å²) in [4.78, 5) is 54.1. The van der Waals surface area contributed by atoms with E-state index in [-0.39, 0.29) is 30.4 Å². The third-order valence-electron chi connectivity index (χ3n) is 4.03. The van der Waals surface area contributed by atoms with Gasteiger partial charge in [-0.15, -0.1) is 23.1 Å². The first kappa shape index (κ1) is 20.3. The summed E-state index contributed by atoms with van der Waals surface area (Å²) in [6.45, 7) is 0.992. The first-order valence-electron chi connectivity index (χ1n) is 8.06. The average Bonchev–Trinajstić information content (AvgIpc) is 3.16. The number of carbonyl (C=O) groups excluding carboxylic acids is 4. The van der Waals surface area contributed by atoms with E-state index in [0.717, 1.165) is 9.78 Å². The maximum absolute atomic E-state index is 12.6. The van der Waals surface area contributed by atoms with Gasteiger partial charge in [-0.2, -0.15) is 0 Å². The molecule has 2 unspecified atom stereocenters. The van der Waals surface area contributed by atoms with Crippen LogP contribution in [0.1, 0.15) is 11.8 Å². The van der Waals surface area contributed by atoms with E-state index in [1.54, 1.807) is 0 Å². The van der Waals surface area contributed by atoms with Crippen LogP contribution < -0.4 is 5.32 Å². The second-order valence-corrected chi connectivity index (χ2v) is 8.03. The first-order valence-corrected chi connectivity index (χ1v) is 9.99. The molecule has 2 amide bonds. The molecule has 0 saturated carbocycles. The minimum atomic E-state index is -1.10. The molecule has 2 aliphatic rings. The second kappa shape index (κ2) is 8.73. The highest BCUT2D eigenvalue weighted by atomic mass is 32.2. The van der Waals surface area contributed by atoms with Crippen LogP contribution >= 0.6 is 23.1 Å². The quantitative estimate of drug-likeness (QED) is 0.275. The molecule has 1 saturated heterocycles. The Morgan fingerprint density at radius 3 is 2.82 bits per heavy atom. The van der Waals surface area contributed by atoms with Gasteiger partial charge in [-0.1, -0.05) is 6.07 Å². The van der Waals surface area contributed by atoms with Crippen LogP contribution in [0.4, 0.5) is 0 Å². The number of fused-ring (bicyclic) bond motifs is 1. The maximum Gasteiger partial charge on any atom is 0.392 e. The smallest absolute Gasteiger partial charge is 0.392 e. The SMILES string of the molecule is CC(=O)OCC1=C(C(=O)OOO)N2C(=O)C(NC(=O)Cc3cccs3)C2SC1. The molecule has 1 aromatic heterocycles. The maximum atomic E-state index is 12.6. The zero-order valence-corrected chi connectivity index (χ0v) is 16.2. The van der Waals surface area contributed by atoms with Crippen molar-refractivity contribution in [3.8, 4) is 0 Å². The second-order valence-electron chi connectivity index (χ2n) is 5.89. The number of hydrogen-bond donors (Lipinski definition) is 2. The zero-order chi connectivity index (χ0) is 20.3. The van der Waals surface area contributed by atoms with E-state index in [2.05, 4.69) is 15.2 Å². The molecule has 2 aliphatic heterocycles. The topological polar surface area (TPSA) is 131 Å². The Kier molecular flexibility index (Phi) is 6.34. The number of nitrogens with zero attached hydrogens (tertiary/aromatic N) is 1. The molecule has 3 heterocycles. The summed E-state index contributed by atoms with van der Waals surface area (Å²) < 4.78 is 4.91. The Balaban J connectivity index is 1.73. The number of ether oxygens (including phenoxy) is 1. The highest BCUT2D eigenvalue weighted by molar-refractivity contribution is 8.00. The summed E-state index contributed by atoms with van der Waals surface area (Å²) >= 11 is 2.74. The Hall–Kier alpha value is -2.41. The molecule has 0 aromatic carbocycles. The molecule has 3 rings (SSSR count). The van der Waals surface area contributed by atoms with Crippen LogP contribution in [0.3, 0.4) is 0 Å². The molecule has 0 radical (unpaired) electrons. The lowest BCUT2D eigenvalue weighted by atomic mass is 10.0. The number of rotatable bonds is 7. The molecule has 28 heavy (non-hydrogen) atoms. The standard InChI is InChI=1S/C16H16N2O8S2/c1-8(19)24-6-9-7-28-15-12(17-11(20)5-10-3-2-4-27-10)14(21)18(15)13(9)16(22)25-26-23/h2-4,12,15,23H,5-7H2,1H3,(H,17,20). The highest BCUT2D eigenvalue weighted by Crippen LogP contribution is 2.40. The Bertz CT molecular complexity index is 823. The van der Waals surface area contributed by atoms with Crippen molar-refractivity contribution < 1.29 is 39.1 Å². The Morgan fingerprint density at radius 2 is 2.18 bits per heavy atom. The Morgan fingerprint density at radius 1 is 1.39 bits per heavy atom.